The zero-order valence-corrected chi connectivity index (χ0v) is 12.3. The second-order valence-corrected chi connectivity index (χ2v) is 6.76. The fraction of sp³-hybridized carbons (Fsp3) is 1.00. The molecule has 1 N–H and O–H groups in total. The molecule has 2 aliphatic rings. The average Bonchev–Trinajstić information content (AvgIpc) is 2.37. The highest BCUT2D eigenvalue weighted by Crippen LogP contribution is 2.51. The van der Waals surface area contributed by atoms with E-state index in [0.29, 0.717) is 5.41 Å². The van der Waals surface area contributed by atoms with Crippen LogP contribution in [-0.4, -0.2) is 25.8 Å². The molecule has 106 valence electrons. The Morgan fingerprint density at radius 1 is 1.11 bits per heavy atom. The summed E-state index contributed by atoms with van der Waals surface area (Å²) >= 11 is 0. The molecule has 2 rings (SSSR count). The largest absolute Gasteiger partial charge is 0.380 e. The second kappa shape index (κ2) is 6.91. The molecule has 2 saturated carbocycles. The minimum atomic E-state index is 0.691. The van der Waals surface area contributed by atoms with Crippen molar-refractivity contribution >= 4 is 0 Å². The zero-order valence-electron chi connectivity index (χ0n) is 12.3. The summed E-state index contributed by atoms with van der Waals surface area (Å²) in [6.07, 6.45) is 11.4. The summed E-state index contributed by atoms with van der Waals surface area (Å²) in [4.78, 5) is 0. The first-order valence-electron chi connectivity index (χ1n) is 8.04. The van der Waals surface area contributed by atoms with E-state index in [1.54, 1.807) is 0 Å². The van der Waals surface area contributed by atoms with Crippen molar-refractivity contribution < 1.29 is 4.74 Å². The van der Waals surface area contributed by atoms with E-state index in [1.165, 1.54) is 51.4 Å². The van der Waals surface area contributed by atoms with Crippen molar-refractivity contribution in [3.63, 3.8) is 0 Å². The number of hydrogen-bond donors (Lipinski definition) is 1. The van der Waals surface area contributed by atoms with Crippen LogP contribution >= 0.6 is 0 Å². The van der Waals surface area contributed by atoms with Gasteiger partial charge in [-0.05, 0) is 43.4 Å². The van der Waals surface area contributed by atoms with Crippen molar-refractivity contribution in [3.05, 3.63) is 0 Å². The average molecular weight is 253 g/mol. The van der Waals surface area contributed by atoms with Gasteiger partial charge in [-0.25, -0.2) is 0 Å². The van der Waals surface area contributed by atoms with Crippen LogP contribution in [0.25, 0.3) is 0 Å². The van der Waals surface area contributed by atoms with Gasteiger partial charge in [0.1, 0.15) is 0 Å². The summed E-state index contributed by atoms with van der Waals surface area (Å²) in [7, 11) is 0. The number of nitrogens with one attached hydrogen (secondary N) is 1. The van der Waals surface area contributed by atoms with Crippen LogP contribution < -0.4 is 5.32 Å². The number of hydrogen-bond acceptors (Lipinski definition) is 2. The molecule has 0 bridgehead atoms. The third-order valence-corrected chi connectivity index (χ3v) is 5.00. The van der Waals surface area contributed by atoms with Crippen LogP contribution in [0.5, 0.6) is 0 Å². The van der Waals surface area contributed by atoms with Gasteiger partial charge < -0.3 is 10.1 Å². The van der Waals surface area contributed by atoms with Gasteiger partial charge in [-0.15, -0.1) is 0 Å². The van der Waals surface area contributed by atoms with E-state index in [0.717, 1.165) is 31.7 Å². The van der Waals surface area contributed by atoms with Crippen molar-refractivity contribution in [1.82, 2.24) is 5.32 Å². The SMILES string of the molecule is CC(C)CCOCCNC1CCC12CCCCC2. The minimum Gasteiger partial charge on any atom is -0.380 e. The smallest absolute Gasteiger partial charge is 0.0591 e. The topological polar surface area (TPSA) is 21.3 Å². The van der Waals surface area contributed by atoms with Crippen LogP contribution in [0.1, 0.15) is 65.2 Å². The van der Waals surface area contributed by atoms with Crippen molar-refractivity contribution in [2.75, 3.05) is 19.8 Å². The number of rotatable bonds is 7. The van der Waals surface area contributed by atoms with Gasteiger partial charge in [0.05, 0.1) is 6.61 Å². The molecule has 18 heavy (non-hydrogen) atoms. The third kappa shape index (κ3) is 3.71. The summed E-state index contributed by atoms with van der Waals surface area (Å²) in [6, 6.07) is 0.798. The van der Waals surface area contributed by atoms with Crippen molar-refractivity contribution in [3.8, 4) is 0 Å². The highest BCUT2D eigenvalue weighted by Gasteiger charge is 2.46. The molecule has 2 heteroatoms. The molecule has 2 aliphatic carbocycles. The Labute approximate surface area is 113 Å². The lowest BCUT2D eigenvalue weighted by atomic mass is 9.57. The quantitative estimate of drug-likeness (QED) is 0.698. The van der Waals surface area contributed by atoms with Gasteiger partial charge in [0.2, 0.25) is 0 Å². The van der Waals surface area contributed by atoms with E-state index in [1.807, 2.05) is 0 Å². The molecule has 0 aromatic heterocycles. The van der Waals surface area contributed by atoms with Gasteiger partial charge in [-0.1, -0.05) is 33.1 Å². The van der Waals surface area contributed by atoms with Gasteiger partial charge in [0.25, 0.3) is 0 Å². The van der Waals surface area contributed by atoms with Crippen LogP contribution in [-0.2, 0) is 4.74 Å². The van der Waals surface area contributed by atoms with E-state index in [-0.39, 0.29) is 0 Å². The van der Waals surface area contributed by atoms with Crippen molar-refractivity contribution in [2.45, 2.75) is 71.3 Å². The summed E-state index contributed by atoms with van der Waals surface area (Å²) in [5.41, 5.74) is 0.691. The Balaban J connectivity index is 1.54. The molecule has 0 aliphatic heterocycles. The molecule has 1 atom stereocenters. The van der Waals surface area contributed by atoms with Gasteiger partial charge in [-0.2, -0.15) is 0 Å². The molecule has 2 nitrogen and oxygen atoms in total. The Morgan fingerprint density at radius 2 is 1.89 bits per heavy atom. The fourth-order valence-corrected chi connectivity index (χ4v) is 3.60. The molecule has 0 amide bonds. The van der Waals surface area contributed by atoms with E-state index in [4.69, 9.17) is 4.74 Å². The first-order valence-corrected chi connectivity index (χ1v) is 8.04. The third-order valence-electron chi connectivity index (χ3n) is 5.00. The summed E-state index contributed by atoms with van der Waals surface area (Å²) in [5.74, 6) is 0.759. The van der Waals surface area contributed by atoms with Gasteiger partial charge >= 0.3 is 0 Å². The second-order valence-electron chi connectivity index (χ2n) is 6.76. The first kappa shape index (κ1) is 14.3. The van der Waals surface area contributed by atoms with Gasteiger partial charge in [0.15, 0.2) is 0 Å². The van der Waals surface area contributed by atoms with Crippen molar-refractivity contribution in [2.24, 2.45) is 11.3 Å². The standard InChI is InChI=1S/C16H31NO/c1-14(2)7-12-18-13-11-17-15-6-10-16(15)8-4-3-5-9-16/h14-15,17H,3-13H2,1-2H3. The molecule has 1 spiro atoms. The molecule has 0 aromatic rings. The molecule has 0 heterocycles. The maximum atomic E-state index is 5.68. The van der Waals surface area contributed by atoms with Crippen molar-refractivity contribution in [1.29, 1.82) is 0 Å². The van der Waals surface area contributed by atoms with E-state index in [9.17, 15) is 0 Å². The van der Waals surface area contributed by atoms with Crippen LogP contribution in [0.2, 0.25) is 0 Å². The molecule has 0 aromatic carbocycles. The van der Waals surface area contributed by atoms with Gasteiger partial charge in [-0.3, -0.25) is 0 Å². The first-order chi connectivity index (χ1) is 8.73. The fourth-order valence-electron chi connectivity index (χ4n) is 3.60. The highest BCUT2D eigenvalue weighted by molar-refractivity contribution is 5.01. The Morgan fingerprint density at radius 3 is 2.50 bits per heavy atom. The maximum Gasteiger partial charge on any atom is 0.0591 e. The Kier molecular flexibility index (Phi) is 5.50. The lowest BCUT2D eigenvalue weighted by molar-refractivity contribution is 0.0174. The zero-order chi connectivity index (χ0) is 12.8. The Hall–Kier alpha value is -0.0800. The molecular weight excluding hydrogens is 222 g/mol. The van der Waals surface area contributed by atoms with E-state index in [2.05, 4.69) is 19.2 Å². The highest BCUT2D eigenvalue weighted by atomic mass is 16.5. The maximum absolute atomic E-state index is 5.68. The minimum absolute atomic E-state index is 0.691. The molecule has 1 unspecified atom stereocenters. The summed E-state index contributed by atoms with van der Waals surface area (Å²) in [5, 5.41) is 3.74. The normalized spacial score (nSPS) is 26.5. The van der Waals surface area contributed by atoms with E-state index >= 15 is 0 Å². The molecular formula is C16H31NO. The van der Waals surface area contributed by atoms with Crippen LogP contribution in [0.15, 0.2) is 0 Å². The molecule has 0 radical (unpaired) electrons. The van der Waals surface area contributed by atoms with Gasteiger partial charge in [0, 0.05) is 19.2 Å². The molecule has 2 fully saturated rings. The van der Waals surface area contributed by atoms with E-state index < -0.39 is 0 Å². The van der Waals surface area contributed by atoms with Crippen LogP contribution in [0.4, 0.5) is 0 Å². The lowest BCUT2D eigenvalue weighted by Crippen LogP contribution is -2.54. The summed E-state index contributed by atoms with van der Waals surface area (Å²) < 4.78 is 5.68. The summed E-state index contributed by atoms with van der Waals surface area (Å²) in [6.45, 7) is 7.37. The monoisotopic (exact) mass is 253 g/mol. The molecule has 0 saturated heterocycles. The van der Waals surface area contributed by atoms with Crippen LogP contribution in [0, 0.1) is 11.3 Å². The Bertz CT molecular complexity index is 233. The number of ether oxygens (including phenoxy) is 1. The predicted octanol–water partition coefficient (Wildman–Crippen LogP) is 3.75. The predicted molar refractivity (Wildman–Crippen MR) is 76.8 cm³/mol. The van der Waals surface area contributed by atoms with Crippen LogP contribution in [0.3, 0.4) is 0 Å². The lowest BCUT2D eigenvalue weighted by Gasteiger charge is -2.52.